The Balaban J connectivity index is 1.64. The van der Waals surface area contributed by atoms with E-state index >= 15 is 0 Å². The molecule has 0 spiro atoms. The number of imidazole rings is 1. The van der Waals surface area contributed by atoms with Gasteiger partial charge in [-0.3, -0.25) is 14.0 Å². The van der Waals surface area contributed by atoms with E-state index in [-0.39, 0.29) is 23.3 Å². The summed E-state index contributed by atoms with van der Waals surface area (Å²) in [5.74, 6) is -0.274. The highest BCUT2D eigenvalue weighted by Crippen LogP contribution is 2.13. The van der Waals surface area contributed by atoms with E-state index in [1.165, 1.54) is 5.56 Å². The van der Waals surface area contributed by atoms with E-state index in [1.54, 1.807) is 16.7 Å². The van der Waals surface area contributed by atoms with E-state index < -0.39 is 0 Å². The molecule has 3 aromatic rings. The molecule has 2 N–H and O–H groups in total. The topological polar surface area (TPSA) is 75.5 Å². The number of benzene rings is 1. The second-order valence-corrected chi connectivity index (χ2v) is 7.05. The van der Waals surface area contributed by atoms with Crippen LogP contribution < -0.4 is 10.6 Å². The van der Waals surface area contributed by atoms with Crippen LogP contribution in [0.3, 0.4) is 0 Å². The number of hydrogen-bond acceptors (Lipinski definition) is 3. The number of carbonyl (C=O) groups excluding carboxylic acids is 2. The number of nitrogens with zero attached hydrogens (tertiary/aromatic N) is 2. The first-order chi connectivity index (χ1) is 14.2. The number of aromatic nitrogens is 2. The molecule has 2 aromatic heterocycles. The van der Waals surface area contributed by atoms with E-state index in [0.717, 1.165) is 32.1 Å². The maximum Gasteiger partial charge on any atom is 0.287 e. The van der Waals surface area contributed by atoms with Gasteiger partial charge in [-0.2, -0.15) is 0 Å². The predicted octanol–water partition coefficient (Wildman–Crippen LogP) is 3.62. The number of pyridine rings is 1. The molecule has 1 aromatic carbocycles. The van der Waals surface area contributed by atoms with Crippen LogP contribution in [0.25, 0.3) is 5.52 Å². The third kappa shape index (κ3) is 5.44. The molecule has 29 heavy (non-hydrogen) atoms. The minimum absolute atomic E-state index is 0.242. The second-order valence-electron chi connectivity index (χ2n) is 7.05. The number of unbranched alkanes of at least 4 members (excludes halogenated alkanes) is 2. The lowest BCUT2D eigenvalue weighted by atomic mass is 10.1. The maximum atomic E-state index is 12.7. The smallest absolute Gasteiger partial charge is 0.287 e. The van der Waals surface area contributed by atoms with E-state index in [2.05, 4.69) is 34.7 Å². The second kappa shape index (κ2) is 10.4. The number of fused-ring (bicyclic) bond motifs is 1. The first-order valence-corrected chi connectivity index (χ1v) is 10.3. The Morgan fingerprint density at radius 3 is 2.41 bits per heavy atom. The molecule has 2 heterocycles. The van der Waals surface area contributed by atoms with Gasteiger partial charge in [0, 0.05) is 19.3 Å². The molecule has 0 unspecified atom stereocenters. The van der Waals surface area contributed by atoms with Crippen LogP contribution in [0.1, 0.15) is 59.3 Å². The molecule has 0 fully saturated rings. The summed E-state index contributed by atoms with van der Waals surface area (Å²) in [5, 5.41) is 5.82. The van der Waals surface area contributed by atoms with Crippen molar-refractivity contribution in [2.75, 3.05) is 13.1 Å². The monoisotopic (exact) mass is 392 g/mol. The highest BCUT2D eigenvalue weighted by Gasteiger charge is 2.20. The number of hydrogen-bond donors (Lipinski definition) is 2. The van der Waals surface area contributed by atoms with E-state index in [1.807, 2.05) is 30.3 Å². The lowest BCUT2D eigenvalue weighted by molar-refractivity contribution is 0.0942. The molecule has 2 amide bonds. The van der Waals surface area contributed by atoms with Gasteiger partial charge in [0.15, 0.2) is 5.69 Å². The van der Waals surface area contributed by atoms with Gasteiger partial charge in [-0.1, -0.05) is 56.2 Å². The van der Waals surface area contributed by atoms with Gasteiger partial charge in [-0.25, -0.2) is 4.98 Å². The number of rotatable bonds is 10. The zero-order chi connectivity index (χ0) is 20.5. The summed E-state index contributed by atoms with van der Waals surface area (Å²) in [7, 11) is 0. The Bertz CT molecular complexity index is 950. The number of aryl methyl sites for hydroxylation is 1. The molecule has 3 rings (SSSR count). The number of amides is 2. The summed E-state index contributed by atoms with van der Waals surface area (Å²) >= 11 is 0. The molecule has 0 aliphatic heterocycles. The Labute approximate surface area is 171 Å². The molecule has 152 valence electrons. The molecule has 0 aliphatic carbocycles. The average Bonchev–Trinajstić information content (AvgIpc) is 3.15. The van der Waals surface area contributed by atoms with Crippen molar-refractivity contribution in [3.63, 3.8) is 0 Å². The molecule has 6 nitrogen and oxygen atoms in total. The molecular formula is C23H28N4O2. The Kier molecular flexibility index (Phi) is 7.39. The third-order valence-electron chi connectivity index (χ3n) is 4.80. The Morgan fingerprint density at radius 2 is 1.62 bits per heavy atom. The van der Waals surface area contributed by atoms with Gasteiger partial charge in [0.1, 0.15) is 0 Å². The SMILES string of the molecule is CCCCCNC(=O)c1nc(C(=O)NCCCc2ccccc2)c2ccccn12. The first-order valence-electron chi connectivity index (χ1n) is 10.3. The molecule has 0 bridgehead atoms. The van der Waals surface area contributed by atoms with Crippen LogP contribution in [-0.2, 0) is 6.42 Å². The first kappa shape index (κ1) is 20.6. The van der Waals surface area contributed by atoms with Gasteiger partial charge < -0.3 is 10.6 Å². The average molecular weight is 393 g/mol. The van der Waals surface area contributed by atoms with E-state index in [0.29, 0.717) is 18.6 Å². The standard InChI is InChI=1S/C23H28N4O2/c1-2-3-8-15-25-23(29)21-26-20(19-14-7-9-17-27(19)21)22(28)24-16-10-13-18-11-5-4-6-12-18/h4-7,9,11-12,14,17H,2-3,8,10,13,15-16H2,1H3,(H,24,28)(H,25,29). The molecule has 0 saturated carbocycles. The van der Waals surface area contributed by atoms with Crippen molar-refractivity contribution in [3.8, 4) is 0 Å². The normalized spacial score (nSPS) is 10.8. The van der Waals surface area contributed by atoms with Gasteiger partial charge in [0.2, 0.25) is 5.82 Å². The molecule has 6 heteroatoms. The van der Waals surface area contributed by atoms with Crippen molar-refractivity contribution in [1.82, 2.24) is 20.0 Å². The fraction of sp³-hybridized carbons (Fsp3) is 0.348. The fourth-order valence-corrected chi connectivity index (χ4v) is 3.24. The van der Waals surface area contributed by atoms with Crippen LogP contribution in [0.5, 0.6) is 0 Å². The lowest BCUT2D eigenvalue weighted by Crippen LogP contribution is -2.27. The van der Waals surface area contributed by atoms with Gasteiger partial charge in [0.25, 0.3) is 11.8 Å². The van der Waals surface area contributed by atoms with Crippen LogP contribution in [0.4, 0.5) is 0 Å². The van der Waals surface area contributed by atoms with Crippen molar-refractivity contribution in [2.24, 2.45) is 0 Å². The van der Waals surface area contributed by atoms with Crippen LogP contribution in [0, 0.1) is 0 Å². The minimum atomic E-state index is -0.259. The summed E-state index contributed by atoms with van der Waals surface area (Å²) in [4.78, 5) is 29.6. The third-order valence-corrected chi connectivity index (χ3v) is 4.80. The molecule has 0 aliphatic rings. The number of carbonyl (C=O) groups is 2. The molecular weight excluding hydrogens is 364 g/mol. The summed E-state index contributed by atoms with van der Waals surface area (Å²) < 4.78 is 1.67. The van der Waals surface area contributed by atoms with Crippen molar-refractivity contribution in [1.29, 1.82) is 0 Å². The zero-order valence-corrected chi connectivity index (χ0v) is 16.9. The minimum Gasteiger partial charge on any atom is -0.351 e. The van der Waals surface area contributed by atoms with Crippen LogP contribution in [-0.4, -0.2) is 34.3 Å². The lowest BCUT2D eigenvalue weighted by Gasteiger charge is -2.04. The van der Waals surface area contributed by atoms with Gasteiger partial charge in [-0.05, 0) is 37.0 Å². The summed E-state index contributed by atoms with van der Waals surface area (Å²) in [6.45, 7) is 3.28. The highest BCUT2D eigenvalue weighted by atomic mass is 16.2. The Morgan fingerprint density at radius 1 is 0.897 bits per heavy atom. The predicted molar refractivity (Wildman–Crippen MR) is 114 cm³/mol. The summed E-state index contributed by atoms with van der Waals surface area (Å²) in [6.07, 6.45) is 6.59. The van der Waals surface area contributed by atoms with E-state index in [4.69, 9.17) is 0 Å². The highest BCUT2D eigenvalue weighted by molar-refractivity contribution is 6.02. The fourth-order valence-electron chi connectivity index (χ4n) is 3.24. The van der Waals surface area contributed by atoms with E-state index in [9.17, 15) is 9.59 Å². The van der Waals surface area contributed by atoms with Gasteiger partial charge >= 0.3 is 0 Å². The van der Waals surface area contributed by atoms with Gasteiger partial charge in [0.05, 0.1) is 5.52 Å². The summed E-state index contributed by atoms with van der Waals surface area (Å²) in [6, 6.07) is 15.6. The molecule has 0 saturated heterocycles. The molecule has 0 atom stereocenters. The van der Waals surface area contributed by atoms with Crippen molar-refractivity contribution >= 4 is 17.3 Å². The number of nitrogens with one attached hydrogen (secondary N) is 2. The van der Waals surface area contributed by atoms with Crippen molar-refractivity contribution in [2.45, 2.75) is 39.0 Å². The van der Waals surface area contributed by atoms with Gasteiger partial charge in [-0.15, -0.1) is 0 Å². The Hall–Kier alpha value is -3.15. The zero-order valence-electron chi connectivity index (χ0n) is 16.9. The van der Waals surface area contributed by atoms with Crippen LogP contribution >= 0.6 is 0 Å². The van der Waals surface area contributed by atoms with Crippen molar-refractivity contribution < 1.29 is 9.59 Å². The maximum absolute atomic E-state index is 12.7. The summed E-state index contributed by atoms with van der Waals surface area (Å²) in [5.41, 5.74) is 2.16. The van der Waals surface area contributed by atoms with Crippen molar-refractivity contribution in [3.05, 3.63) is 71.8 Å². The van der Waals surface area contributed by atoms with Crippen LogP contribution in [0.2, 0.25) is 0 Å². The largest absolute Gasteiger partial charge is 0.351 e. The van der Waals surface area contributed by atoms with Crippen LogP contribution in [0.15, 0.2) is 54.7 Å². The molecule has 0 radical (unpaired) electrons. The quantitative estimate of drug-likeness (QED) is 0.518.